The summed E-state index contributed by atoms with van der Waals surface area (Å²) in [5, 5.41) is 4.31. The Morgan fingerprint density at radius 1 is 1.02 bits per heavy atom. The normalized spacial score (nSPS) is 19.9. The lowest BCUT2D eigenvalue weighted by Gasteiger charge is -2.51. The molecule has 0 spiro atoms. The van der Waals surface area contributed by atoms with Gasteiger partial charge in [-0.3, -0.25) is 14.5 Å². The van der Waals surface area contributed by atoms with Gasteiger partial charge < -0.3 is 15.1 Å². The largest absolute Gasteiger partial charge is 0.347 e. The highest BCUT2D eigenvalue weighted by atomic mass is 35.5. The van der Waals surface area contributed by atoms with E-state index in [4.69, 9.17) is 23.2 Å². The molecule has 6 nitrogen and oxygen atoms in total. The zero-order chi connectivity index (χ0) is 29.7. The second-order valence-electron chi connectivity index (χ2n) is 11.6. The van der Waals surface area contributed by atoms with E-state index in [9.17, 15) is 18.4 Å². The topological polar surface area (TPSA) is 55.9 Å². The second-order valence-corrected chi connectivity index (χ2v) is 12.4. The Labute approximate surface area is 252 Å². The number of carbonyl (C=O) groups excluding carboxylic acids is 2. The van der Waals surface area contributed by atoms with Crippen LogP contribution in [0.3, 0.4) is 0 Å². The van der Waals surface area contributed by atoms with Gasteiger partial charge in [-0.15, -0.1) is 0 Å². The lowest BCUT2D eigenvalue weighted by atomic mass is 9.80. The van der Waals surface area contributed by atoms with E-state index in [1.54, 1.807) is 22.9 Å². The highest BCUT2D eigenvalue weighted by Crippen LogP contribution is 2.38. The quantitative estimate of drug-likeness (QED) is 0.381. The Kier molecular flexibility index (Phi) is 10.7. The zero-order valence-corrected chi connectivity index (χ0v) is 25.6. The molecule has 1 N–H and O–H groups in total. The molecule has 2 saturated heterocycles. The van der Waals surface area contributed by atoms with Crippen molar-refractivity contribution in [3.8, 4) is 0 Å². The first-order chi connectivity index (χ1) is 19.5. The molecular formula is C31H40Cl2F2N4O2. The summed E-state index contributed by atoms with van der Waals surface area (Å²) in [5.41, 5.74) is 0.527. The highest BCUT2D eigenvalue weighted by Gasteiger charge is 2.48. The number of rotatable bonds is 9. The Hall–Kier alpha value is -2.26. The first-order valence-electron chi connectivity index (χ1n) is 14.4. The molecule has 2 fully saturated rings. The molecule has 2 atom stereocenters. The van der Waals surface area contributed by atoms with Crippen LogP contribution in [0, 0.1) is 11.6 Å². The lowest BCUT2D eigenvalue weighted by molar-refractivity contribution is -0.148. The lowest BCUT2D eigenvalue weighted by Crippen LogP contribution is -2.66. The van der Waals surface area contributed by atoms with Gasteiger partial charge in [-0.2, -0.15) is 0 Å². The number of carbonyl (C=O) groups is 2. The number of halogens is 4. The molecule has 0 aliphatic carbocycles. The van der Waals surface area contributed by atoms with Crippen LogP contribution in [-0.4, -0.2) is 85.4 Å². The van der Waals surface area contributed by atoms with Crippen LogP contribution in [0.4, 0.5) is 8.78 Å². The van der Waals surface area contributed by atoms with Gasteiger partial charge in [0.25, 0.3) is 5.91 Å². The van der Waals surface area contributed by atoms with Gasteiger partial charge in [0.1, 0.15) is 5.54 Å². The first-order valence-corrected chi connectivity index (χ1v) is 15.1. The first kappa shape index (κ1) is 31.7. The summed E-state index contributed by atoms with van der Waals surface area (Å²) in [6.07, 6.45) is 6.33. The third-order valence-corrected chi connectivity index (χ3v) is 9.42. The molecule has 0 aromatic heterocycles. The number of benzene rings is 2. The van der Waals surface area contributed by atoms with Crippen LogP contribution in [0.5, 0.6) is 0 Å². The predicted octanol–water partition coefficient (Wildman–Crippen LogP) is 5.97. The predicted molar refractivity (Wildman–Crippen MR) is 160 cm³/mol. The molecule has 2 aromatic rings. The maximum atomic E-state index is 13.9. The number of likely N-dealkylation sites (N-methyl/N-ethyl adjacent to an activating group) is 2. The van der Waals surface area contributed by atoms with Crippen LogP contribution in [0.1, 0.15) is 66.8 Å². The fourth-order valence-electron chi connectivity index (χ4n) is 6.53. The van der Waals surface area contributed by atoms with E-state index in [2.05, 4.69) is 10.2 Å². The van der Waals surface area contributed by atoms with Gasteiger partial charge in [-0.25, -0.2) is 8.78 Å². The van der Waals surface area contributed by atoms with Gasteiger partial charge in [0.15, 0.2) is 11.6 Å². The van der Waals surface area contributed by atoms with Crippen LogP contribution in [-0.2, 0) is 4.79 Å². The van der Waals surface area contributed by atoms with Gasteiger partial charge in [0, 0.05) is 45.2 Å². The number of amides is 2. The van der Waals surface area contributed by atoms with Gasteiger partial charge in [0.2, 0.25) is 5.91 Å². The minimum atomic E-state index is -1.05. The molecule has 0 saturated carbocycles. The molecular weight excluding hydrogens is 569 g/mol. The second kappa shape index (κ2) is 13.8. The molecule has 10 heteroatoms. The minimum Gasteiger partial charge on any atom is -0.347 e. The van der Waals surface area contributed by atoms with E-state index in [-0.39, 0.29) is 23.4 Å². The summed E-state index contributed by atoms with van der Waals surface area (Å²) in [4.78, 5) is 32.6. The summed E-state index contributed by atoms with van der Waals surface area (Å²) < 4.78 is 27.3. The summed E-state index contributed by atoms with van der Waals surface area (Å²) in [6.45, 7) is 2.86. The molecule has 0 bridgehead atoms. The van der Waals surface area contributed by atoms with Gasteiger partial charge in [-0.1, -0.05) is 35.7 Å². The highest BCUT2D eigenvalue weighted by molar-refractivity contribution is 6.42. The number of hydrogen-bond donors (Lipinski definition) is 1. The number of piperidine rings is 2. The van der Waals surface area contributed by atoms with E-state index < -0.39 is 23.1 Å². The van der Waals surface area contributed by atoms with Crippen molar-refractivity contribution in [3.63, 3.8) is 0 Å². The van der Waals surface area contributed by atoms with Crippen LogP contribution >= 0.6 is 23.2 Å². The van der Waals surface area contributed by atoms with Crippen molar-refractivity contribution >= 4 is 35.0 Å². The molecule has 2 aliphatic rings. The molecule has 2 heterocycles. The fraction of sp³-hybridized carbons (Fsp3) is 0.548. The van der Waals surface area contributed by atoms with Crippen molar-refractivity contribution in [1.82, 2.24) is 20.0 Å². The van der Waals surface area contributed by atoms with Crippen molar-refractivity contribution < 1.29 is 18.4 Å². The maximum absolute atomic E-state index is 13.9. The minimum absolute atomic E-state index is 0.0821. The van der Waals surface area contributed by atoms with Crippen molar-refractivity contribution in [1.29, 1.82) is 0 Å². The Balaban J connectivity index is 1.57. The molecule has 224 valence electrons. The Bertz CT molecular complexity index is 1240. The summed E-state index contributed by atoms with van der Waals surface area (Å²) in [6, 6.07) is 8.95. The molecule has 2 aliphatic heterocycles. The summed E-state index contributed by atoms with van der Waals surface area (Å²) >= 11 is 12.6. The summed E-state index contributed by atoms with van der Waals surface area (Å²) in [5.74, 6) is -2.35. The van der Waals surface area contributed by atoms with Gasteiger partial charge in [-0.05, 0) is 94.1 Å². The third kappa shape index (κ3) is 7.22. The van der Waals surface area contributed by atoms with Gasteiger partial charge in [0.05, 0.1) is 10.0 Å². The summed E-state index contributed by atoms with van der Waals surface area (Å²) in [7, 11) is 5.34. The SMILES string of the molecule is CN(C)C(=O)C1(N2CCCCC2CCC(CN(C)C(=O)c2ccc(F)c(F)c2)c2ccc(Cl)c(Cl)c2)CCNCC1. The molecule has 2 amide bonds. The molecule has 0 radical (unpaired) electrons. The molecule has 41 heavy (non-hydrogen) atoms. The van der Waals surface area contributed by atoms with Crippen molar-refractivity contribution in [3.05, 3.63) is 69.2 Å². The van der Waals surface area contributed by atoms with E-state index in [1.165, 1.54) is 6.07 Å². The van der Waals surface area contributed by atoms with E-state index in [0.29, 0.717) is 16.6 Å². The standard InChI is InChI=1S/C31H40Cl2F2N4O2/c1-37(2)30(41)31(13-15-36-16-14-31)39-17-5-4-6-24(39)10-7-23(21-8-11-25(32)26(33)18-21)20-38(3)29(40)22-9-12-27(34)28(35)19-22/h8-9,11-12,18-19,23-24,36H,4-7,10,13-17,20H2,1-3H3. The van der Waals surface area contributed by atoms with Crippen LogP contribution in [0.2, 0.25) is 10.0 Å². The fourth-order valence-corrected chi connectivity index (χ4v) is 6.84. The number of nitrogens with one attached hydrogen (secondary N) is 1. The Morgan fingerprint density at radius 2 is 1.76 bits per heavy atom. The van der Waals surface area contributed by atoms with E-state index >= 15 is 0 Å². The van der Waals surface area contributed by atoms with Crippen LogP contribution < -0.4 is 5.32 Å². The van der Waals surface area contributed by atoms with Crippen molar-refractivity contribution in [2.24, 2.45) is 0 Å². The van der Waals surface area contributed by atoms with E-state index in [1.807, 2.05) is 26.2 Å². The number of hydrogen-bond acceptors (Lipinski definition) is 4. The number of nitrogens with zero attached hydrogens (tertiary/aromatic N) is 3. The van der Waals surface area contributed by atoms with Gasteiger partial charge >= 0.3 is 0 Å². The van der Waals surface area contributed by atoms with Crippen molar-refractivity contribution in [2.75, 3.05) is 47.3 Å². The van der Waals surface area contributed by atoms with E-state index in [0.717, 1.165) is 82.3 Å². The van der Waals surface area contributed by atoms with Crippen LogP contribution in [0.25, 0.3) is 0 Å². The monoisotopic (exact) mass is 608 g/mol. The average molecular weight is 610 g/mol. The maximum Gasteiger partial charge on any atom is 0.253 e. The zero-order valence-electron chi connectivity index (χ0n) is 24.1. The third-order valence-electron chi connectivity index (χ3n) is 8.68. The smallest absolute Gasteiger partial charge is 0.253 e. The number of likely N-dealkylation sites (tertiary alicyclic amines) is 1. The average Bonchev–Trinajstić information content (AvgIpc) is 2.97. The molecule has 2 aromatic carbocycles. The molecule has 4 rings (SSSR count). The Morgan fingerprint density at radius 3 is 2.41 bits per heavy atom. The van der Waals surface area contributed by atoms with Crippen LogP contribution in [0.15, 0.2) is 36.4 Å². The molecule has 2 unspecified atom stereocenters. The van der Waals surface area contributed by atoms with Crippen molar-refractivity contribution in [2.45, 2.75) is 62.4 Å².